The lowest BCUT2D eigenvalue weighted by Crippen LogP contribution is -2.53. The van der Waals surface area contributed by atoms with Crippen molar-refractivity contribution in [3.63, 3.8) is 0 Å². The molecule has 1 amide bonds. The summed E-state index contributed by atoms with van der Waals surface area (Å²) >= 11 is 0. The van der Waals surface area contributed by atoms with Gasteiger partial charge in [0.05, 0.1) is 6.07 Å². The van der Waals surface area contributed by atoms with Gasteiger partial charge >= 0.3 is 0 Å². The van der Waals surface area contributed by atoms with E-state index in [1.165, 1.54) is 5.56 Å². The van der Waals surface area contributed by atoms with Crippen LogP contribution in [-0.4, -0.2) is 24.2 Å². The summed E-state index contributed by atoms with van der Waals surface area (Å²) < 4.78 is 5.39. The molecule has 1 N–H and O–H groups in total. The molecule has 0 spiro atoms. The van der Waals surface area contributed by atoms with Crippen molar-refractivity contribution in [2.45, 2.75) is 43.7 Å². The number of hydrogen-bond donors (Lipinski definition) is 1. The number of benzene rings is 1. The summed E-state index contributed by atoms with van der Waals surface area (Å²) in [5.74, 6) is -0.136. The molecule has 3 rings (SSSR count). The zero-order chi connectivity index (χ0) is 14.0. The molecule has 0 saturated carbocycles. The zero-order valence-electron chi connectivity index (χ0n) is 11.4. The second-order valence-corrected chi connectivity index (χ2v) is 5.63. The quantitative estimate of drug-likeness (QED) is 0.890. The molecular formula is C16H18N2O2. The van der Waals surface area contributed by atoms with Crippen LogP contribution in [0.1, 0.15) is 30.4 Å². The molecule has 104 valence electrons. The first-order valence-electron chi connectivity index (χ1n) is 7.14. The highest BCUT2D eigenvalue weighted by Gasteiger charge is 2.38. The summed E-state index contributed by atoms with van der Waals surface area (Å²) in [5, 5.41) is 12.5. The number of aryl methyl sites for hydroxylation is 1. The van der Waals surface area contributed by atoms with Crippen LogP contribution in [0.5, 0.6) is 0 Å². The third-order valence-electron chi connectivity index (χ3n) is 4.23. The van der Waals surface area contributed by atoms with E-state index < -0.39 is 5.54 Å². The molecule has 1 fully saturated rings. The van der Waals surface area contributed by atoms with Gasteiger partial charge in [-0.3, -0.25) is 4.79 Å². The predicted molar refractivity (Wildman–Crippen MR) is 73.9 cm³/mol. The molecule has 1 aliphatic heterocycles. The topological polar surface area (TPSA) is 62.1 Å². The number of nitriles is 1. The van der Waals surface area contributed by atoms with Crippen LogP contribution in [0.15, 0.2) is 24.3 Å². The van der Waals surface area contributed by atoms with Crippen LogP contribution in [0, 0.1) is 11.3 Å². The molecule has 1 aromatic carbocycles. The fourth-order valence-corrected chi connectivity index (χ4v) is 3.07. The van der Waals surface area contributed by atoms with Crippen molar-refractivity contribution >= 4 is 5.91 Å². The smallest absolute Gasteiger partial charge is 0.250 e. The lowest BCUT2D eigenvalue weighted by molar-refractivity contribution is -0.131. The molecule has 4 heteroatoms. The Morgan fingerprint density at radius 2 is 2.20 bits per heavy atom. The highest BCUT2D eigenvalue weighted by atomic mass is 16.5. The monoisotopic (exact) mass is 270 g/mol. The van der Waals surface area contributed by atoms with Crippen molar-refractivity contribution in [1.29, 1.82) is 5.26 Å². The molecule has 1 aliphatic carbocycles. The van der Waals surface area contributed by atoms with Crippen molar-refractivity contribution in [2.24, 2.45) is 0 Å². The third kappa shape index (κ3) is 2.41. The summed E-state index contributed by atoms with van der Waals surface area (Å²) in [6.07, 6.45) is 3.37. The molecule has 1 aromatic rings. The second-order valence-electron chi connectivity index (χ2n) is 5.63. The van der Waals surface area contributed by atoms with Crippen LogP contribution in [0.4, 0.5) is 0 Å². The Morgan fingerprint density at radius 3 is 2.90 bits per heavy atom. The minimum Gasteiger partial charge on any atom is -0.368 e. The van der Waals surface area contributed by atoms with Gasteiger partial charge in [-0.15, -0.1) is 0 Å². The van der Waals surface area contributed by atoms with Crippen molar-refractivity contribution in [2.75, 3.05) is 6.61 Å². The van der Waals surface area contributed by atoms with E-state index in [2.05, 4.69) is 17.5 Å². The maximum absolute atomic E-state index is 12.2. The number of nitrogens with one attached hydrogen (secondary N) is 1. The number of nitrogens with zero attached hydrogens (tertiary/aromatic N) is 1. The average molecular weight is 270 g/mol. The predicted octanol–water partition coefficient (Wildman–Crippen LogP) is 1.73. The van der Waals surface area contributed by atoms with Crippen LogP contribution in [-0.2, 0) is 22.4 Å². The Bertz CT molecular complexity index is 558. The molecule has 0 bridgehead atoms. The maximum atomic E-state index is 12.2. The van der Waals surface area contributed by atoms with Gasteiger partial charge in [0.25, 0.3) is 0 Å². The number of hydrogen-bond acceptors (Lipinski definition) is 3. The first kappa shape index (κ1) is 13.1. The first-order valence-corrected chi connectivity index (χ1v) is 7.14. The van der Waals surface area contributed by atoms with Crippen LogP contribution < -0.4 is 5.32 Å². The summed E-state index contributed by atoms with van der Waals surface area (Å²) in [6, 6.07) is 10.5. The number of carbonyl (C=O) groups is 1. The number of ether oxygens (including phenoxy) is 1. The minimum absolute atomic E-state index is 0.136. The van der Waals surface area contributed by atoms with Crippen molar-refractivity contribution in [1.82, 2.24) is 5.32 Å². The van der Waals surface area contributed by atoms with Crippen LogP contribution in [0.2, 0.25) is 0 Å². The molecule has 1 saturated heterocycles. The number of carbonyl (C=O) groups excluding carboxylic acids is 1. The Labute approximate surface area is 118 Å². The number of amides is 1. The van der Waals surface area contributed by atoms with Gasteiger partial charge < -0.3 is 10.1 Å². The van der Waals surface area contributed by atoms with Crippen molar-refractivity contribution in [3.05, 3.63) is 35.4 Å². The Kier molecular flexibility index (Phi) is 3.45. The fourth-order valence-electron chi connectivity index (χ4n) is 3.07. The molecule has 20 heavy (non-hydrogen) atoms. The molecule has 4 nitrogen and oxygen atoms in total. The zero-order valence-corrected chi connectivity index (χ0v) is 11.4. The molecule has 2 atom stereocenters. The van der Waals surface area contributed by atoms with Gasteiger partial charge in [-0.2, -0.15) is 5.26 Å². The van der Waals surface area contributed by atoms with Gasteiger partial charge in [-0.1, -0.05) is 24.3 Å². The fraction of sp³-hybridized carbons (Fsp3) is 0.500. The van der Waals surface area contributed by atoms with E-state index in [-0.39, 0.29) is 12.0 Å². The molecular weight excluding hydrogens is 252 g/mol. The summed E-state index contributed by atoms with van der Waals surface area (Å²) in [4.78, 5) is 12.2. The Morgan fingerprint density at radius 1 is 1.40 bits per heavy atom. The molecule has 0 unspecified atom stereocenters. The van der Waals surface area contributed by atoms with E-state index in [1.54, 1.807) is 0 Å². The lowest BCUT2D eigenvalue weighted by Gasteiger charge is -2.33. The molecule has 2 aliphatic rings. The highest BCUT2D eigenvalue weighted by molar-refractivity contribution is 5.82. The van der Waals surface area contributed by atoms with Gasteiger partial charge in [0, 0.05) is 13.0 Å². The summed E-state index contributed by atoms with van der Waals surface area (Å²) in [6.45, 7) is 0.639. The van der Waals surface area contributed by atoms with E-state index in [1.807, 2.05) is 18.2 Å². The largest absolute Gasteiger partial charge is 0.368 e. The van der Waals surface area contributed by atoms with E-state index in [0.717, 1.165) is 24.8 Å². The van der Waals surface area contributed by atoms with Gasteiger partial charge in [0.2, 0.25) is 5.91 Å². The lowest BCUT2D eigenvalue weighted by atomic mass is 9.78. The number of rotatable bonds is 2. The summed E-state index contributed by atoms with van der Waals surface area (Å²) in [7, 11) is 0. The van der Waals surface area contributed by atoms with E-state index >= 15 is 0 Å². The number of fused-ring (bicyclic) bond motifs is 1. The van der Waals surface area contributed by atoms with E-state index in [0.29, 0.717) is 19.4 Å². The summed E-state index contributed by atoms with van der Waals surface area (Å²) in [5.41, 5.74) is 1.66. The Balaban J connectivity index is 1.76. The standard InChI is InChI=1S/C16H18N2O2/c17-11-16(18-15(19)14-6-3-9-20-14)8-7-12-4-1-2-5-13(12)10-16/h1-2,4-5,14H,3,6-10H2,(H,18,19)/t14-,16-/m0/s1. The van der Waals surface area contributed by atoms with Crippen molar-refractivity contribution < 1.29 is 9.53 Å². The van der Waals surface area contributed by atoms with Gasteiger partial charge in [0.15, 0.2) is 0 Å². The van der Waals surface area contributed by atoms with Crippen LogP contribution in [0.3, 0.4) is 0 Å². The maximum Gasteiger partial charge on any atom is 0.250 e. The van der Waals surface area contributed by atoms with Crippen molar-refractivity contribution in [3.8, 4) is 6.07 Å². The molecule has 0 aromatic heterocycles. The SMILES string of the molecule is N#C[C@]1(NC(=O)[C@@H]2CCCO2)CCc2ccccc2C1. The van der Waals surface area contributed by atoms with Crippen LogP contribution in [0.25, 0.3) is 0 Å². The molecule has 1 heterocycles. The second kappa shape index (κ2) is 5.26. The molecule has 0 radical (unpaired) electrons. The highest BCUT2D eigenvalue weighted by Crippen LogP contribution is 2.29. The van der Waals surface area contributed by atoms with E-state index in [9.17, 15) is 10.1 Å². The van der Waals surface area contributed by atoms with Gasteiger partial charge in [-0.25, -0.2) is 0 Å². The first-order chi connectivity index (χ1) is 9.72. The van der Waals surface area contributed by atoms with Gasteiger partial charge in [0.1, 0.15) is 11.6 Å². The third-order valence-corrected chi connectivity index (χ3v) is 4.23. The average Bonchev–Trinajstić information content (AvgIpc) is 3.01. The normalized spacial score (nSPS) is 28.4. The van der Waals surface area contributed by atoms with Crippen LogP contribution >= 0.6 is 0 Å². The van der Waals surface area contributed by atoms with E-state index in [4.69, 9.17) is 4.74 Å². The van der Waals surface area contributed by atoms with Gasteiger partial charge in [-0.05, 0) is 36.8 Å². The Hall–Kier alpha value is -1.86. The minimum atomic E-state index is -0.780.